The molecule has 6 rings (SSSR count). The Hall–Kier alpha value is -3.40. The topological polar surface area (TPSA) is 89.9 Å². The van der Waals surface area contributed by atoms with Crippen LogP contribution in [0.3, 0.4) is 0 Å². The van der Waals surface area contributed by atoms with E-state index in [9.17, 15) is 9.59 Å². The van der Waals surface area contributed by atoms with Crippen molar-refractivity contribution in [1.82, 2.24) is 9.88 Å². The van der Waals surface area contributed by atoms with Gasteiger partial charge in [-0.15, -0.1) is 0 Å². The number of nitrogens with zero attached hydrogens (tertiary/aromatic N) is 4. The Morgan fingerprint density at radius 3 is 2.69 bits per heavy atom. The van der Waals surface area contributed by atoms with Gasteiger partial charge in [-0.25, -0.2) is 0 Å². The minimum absolute atomic E-state index is 0.0314. The molecule has 2 N–H and O–H groups in total. The van der Waals surface area contributed by atoms with Crippen LogP contribution in [0.2, 0.25) is 5.02 Å². The molecule has 2 aromatic carbocycles. The highest BCUT2D eigenvalue weighted by Crippen LogP contribution is 2.34. The average Bonchev–Trinajstić information content (AvgIpc) is 3.23. The fourth-order valence-electron chi connectivity index (χ4n) is 4.91. The predicted molar refractivity (Wildman–Crippen MR) is 161 cm³/mol. The zero-order chi connectivity index (χ0) is 26.9. The number of pyridine rings is 1. The number of hydrogen-bond donors (Lipinski definition) is 2. The van der Waals surface area contributed by atoms with Crippen LogP contribution in [0.4, 0.5) is 17.1 Å². The van der Waals surface area contributed by atoms with E-state index in [2.05, 4.69) is 49.6 Å². The van der Waals surface area contributed by atoms with Crippen LogP contribution in [0.25, 0.3) is 17.0 Å². The number of rotatable bonds is 5. The lowest BCUT2D eigenvalue weighted by Crippen LogP contribution is -2.44. The molecule has 1 aromatic heterocycles. The Kier molecular flexibility index (Phi) is 7.29. The van der Waals surface area contributed by atoms with Crippen LogP contribution < -0.4 is 15.5 Å². The number of halogens is 1. The Labute approximate surface area is 236 Å². The lowest BCUT2D eigenvalue weighted by Gasteiger charge is -2.34. The average molecular weight is 561 g/mol. The number of anilines is 3. The summed E-state index contributed by atoms with van der Waals surface area (Å²) in [6.07, 6.45) is 6.68. The number of likely N-dealkylation sites (N-methyl/N-ethyl adjacent to an activating group) is 1. The lowest BCUT2D eigenvalue weighted by molar-refractivity contribution is -0.122. The number of aromatic nitrogens is 1. The number of piperazine rings is 1. The third kappa shape index (κ3) is 5.66. The maximum Gasteiger partial charge on any atom is 0.286 e. The van der Waals surface area contributed by atoms with E-state index in [0.717, 1.165) is 67.6 Å². The van der Waals surface area contributed by atoms with E-state index in [-0.39, 0.29) is 17.7 Å². The molecule has 0 unspecified atom stereocenters. The van der Waals surface area contributed by atoms with Gasteiger partial charge in [0.15, 0.2) is 5.17 Å². The molecule has 1 saturated carbocycles. The third-order valence-corrected chi connectivity index (χ3v) is 8.68. The second-order valence-electron chi connectivity index (χ2n) is 10.2. The highest BCUT2D eigenvalue weighted by atomic mass is 35.5. The standard InChI is InChI=1S/C29H29ClN6O2S/c1-35-11-13-36(14-12-35)25-9-10-31-23-8-5-18(15-21(23)25)16-26-28(38)34-29(39-26)33-24-17-20(6-7-22(24)30)32-27(37)19-3-2-4-19/h5-10,15-17,19H,2-4,11-14H2,1H3,(H,32,37)(H,33,34,38)/b26-16-. The number of nitrogens with one attached hydrogen (secondary N) is 2. The zero-order valence-corrected chi connectivity index (χ0v) is 23.2. The largest absolute Gasteiger partial charge is 0.368 e. The number of benzene rings is 2. The first-order valence-corrected chi connectivity index (χ1v) is 14.3. The molecule has 3 aliphatic rings. The van der Waals surface area contributed by atoms with E-state index in [1.807, 2.05) is 24.4 Å². The Morgan fingerprint density at radius 2 is 1.92 bits per heavy atom. The summed E-state index contributed by atoms with van der Waals surface area (Å²) in [7, 11) is 2.15. The number of carbonyl (C=O) groups excluding carboxylic acids is 2. The highest BCUT2D eigenvalue weighted by Gasteiger charge is 2.26. The van der Waals surface area contributed by atoms with Crippen molar-refractivity contribution in [2.75, 3.05) is 48.8 Å². The quantitative estimate of drug-likeness (QED) is 0.400. The predicted octanol–water partition coefficient (Wildman–Crippen LogP) is 5.46. The number of fused-ring (bicyclic) bond motifs is 1. The molecule has 3 aromatic rings. The summed E-state index contributed by atoms with van der Waals surface area (Å²) in [5, 5.41) is 8.10. The van der Waals surface area contributed by atoms with Gasteiger partial charge in [0.1, 0.15) is 0 Å². The van der Waals surface area contributed by atoms with Crippen LogP contribution >= 0.6 is 23.4 Å². The van der Waals surface area contributed by atoms with Crippen molar-refractivity contribution in [2.24, 2.45) is 10.9 Å². The molecule has 2 fully saturated rings. The Morgan fingerprint density at radius 1 is 1.10 bits per heavy atom. The SMILES string of the molecule is CN1CCN(c2ccnc3ccc(/C=C4\SC(Nc5cc(NC(=O)C6CCC6)ccc5Cl)=NC4=O)cc23)CC1. The summed E-state index contributed by atoms with van der Waals surface area (Å²) >= 11 is 7.67. The molecule has 0 atom stereocenters. The molecular formula is C29H29ClN6O2S. The van der Waals surface area contributed by atoms with Crippen molar-refractivity contribution < 1.29 is 9.59 Å². The molecule has 0 bridgehead atoms. The summed E-state index contributed by atoms with van der Waals surface area (Å²) < 4.78 is 0. The molecule has 0 spiro atoms. The fourth-order valence-corrected chi connectivity index (χ4v) is 5.90. The Balaban J connectivity index is 1.18. The second kappa shape index (κ2) is 11.0. The van der Waals surface area contributed by atoms with Crippen LogP contribution in [0.15, 0.2) is 58.6 Å². The summed E-state index contributed by atoms with van der Waals surface area (Å²) in [4.78, 5) is 39.1. The van der Waals surface area contributed by atoms with Gasteiger partial charge in [0.2, 0.25) is 5.91 Å². The minimum Gasteiger partial charge on any atom is -0.368 e. The lowest BCUT2D eigenvalue weighted by atomic mass is 9.85. The fraction of sp³-hybridized carbons (Fsp3) is 0.310. The van der Waals surface area contributed by atoms with Gasteiger partial charge in [0.25, 0.3) is 5.91 Å². The molecular weight excluding hydrogens is 532 g/mol. The Bertz CT molecular complexity index is 1510. The molecule has 2 amide bonds. The molecule has 0 radical (unpaired) electrons. The maximum absolute atomic E-state index is 12.8. The van der Waals surface area contributed by atoms with E-state index < -0.39 is 0 Å². The van der Waals surface area contributed by atoms with Crippen LogP contribution in [0.1, 0.15) is 24.8 Å². The van der Waals surface area contributed by atoms with Gasteiger partial charge < -0.3 is 20.4 Å². The van der Waals surface area contributed by atoms with Gasteiger partial charge in [-0.1, -0.05) is 24.1 Å². The van der Waals surface area contributed by atoms with E-state index in [4.69, 9.17) is 11.6 Å². The number of hydrogen-bond acceptors (Lipinski definition) is 7. The van der Waals surface area contributed by atoms with Crippen molar-refractivity contribution in [2.45, 2.75) is 19.3 Å². The minimum atomic E-state index is -0.307. The molecule has 2 aliphatic heterocycles. The van der Waals surface area contributed by atoms with E-state index in [0.29, 0.717) is 26.5 Å². The van der Waals surface area contributed by atoms with Crippen molar-refractivity contribution >= 4 is 74.4 Å². The van der Waals surface area contributed by atoms with Crippen molar-refractivity contribution in [3.63, 3.8) is 0 Å². The van der Waals surface area contributed by atoms with Crippen molar-refractivity contribution in [3.05, 3.63) is 64.2 Å². The molecule has 1 saturated heterocycles. The number of carbonyl (C=O) groups is 2. The molecule has 39 heavy (non-hydrogen) atoms. The molecule has 8 nitrogen and oxygen atoms in total. The zero-order valence-electron chi connectivity index (χ0n) is 21.6. The molecule has 10 heteroatoms. The van der Waals surface area contributed by atoms with Crippen LogP contribution in [-0.4, -0.2) is 60.1 Å². The van der Waals surface area contributed by atoms with Gasteiger partial charge in [0.05, 0.1) is 21.1 Å². The van der Waals surface area contributed by atoms with Gasteiger partial charge in [-0.05, 0) is 79.7 Å². The van der Waals surface area contributed by atoms with Gasteiger partial charge in [0, 0.05) is 55.1 Å². The molecule has 1 aliphatic carbocycles. The smallest absolute Gasteiger partial charge is 0.286 e. The first kappa shape index (κ1) is 25.9. The summed E-state index contributed by atoms with van der Waals surface area (Å²) in [6, 6.07) is 13.4. The van der Waals surface area contributed by atoms with Crippen LogP contribution in [-0.2, 0) is 9.59 Å². The molecule has 200 valence electrons. The maximum atomic E-state index is 12.8. The monoisotopic (exact) mass is 560 g/mol. The van der Waals surface area contributed by atoms with Gasteiger partial charge in [-0.3, -0.25) is 14.6 Å². The van der Waals surface area contributed by atoms with Crippen molar-refractivity contribution in [1.29, 1.82) is 0 Å². The van der Waals surface area contributed by atoms with E-state index in [1.54, 1.807) is 18.2 Å². The van der Waals surface area contributed by atoms with Gasteiger partial charge in [-0.2, -0.15) is 4.99 Å². The number of thioether (sulfide) groups is 1. The number of amidine groups is 1. The van der Waals surface area contributed by atoms with Crippen LogP contribution in [0.5, 0.6) is 0 Å². The highest BCUT2D eigenvalue weighted by molar-refractivity contribution is 8.18. The normalized spacial score (nSPS) is 19.3. The van der Waals surface area contributed by atoms with E-state index in [1.165, 1.54) is 11.8 Å². The first-order chi connectivity index (χ1) is 18.9. The molecule has 3 heterocycles. The second-order valence-corrected chi connectivity index (χ2v) is 11.6. The van der Waals surface area contributed by atoms with E-state index >= 15 is 0 Å². The third-order valence-electron chi connectivity index (χ3n) is 7.46. The van der Waals surface area contributed by atoms with Crippen LogP contribution in [0, 0.1) is 5.92 Å². The summed E-state index contributed by atoms with van der Waals surface area (Å²) in [6.45, 7) is 3.97. The summed E-state index contributed by atoms with van der Waals surface area (Å²) in [5.41, 5.74) is 4.24. The first-order valence-electron chi connectivity index (χ1n) is 13.2. The number of amides is 2. The number of aliphatic imine (C=N–C) groups is 1. The van der Waals surface area contributed by atoms with Crippen molar-refractivity contribution in [3.8, 4) is 0 Å². The van der Waals surface area contributed by atoms with Gasteiger partial charge >= 0.3 is 0 Å². The summed E-state index contributed by atoms with van der Waals surface area (Å²) in [5.74, 6) is -0.191.